The predicted molar refractivity (Wildman–Crippen MR) is 109 cm³/mol. The van der Waals surface area contributed by atoms with E-state index in [2.05, 4.69) is 20.4 Å². The van der Waals surface area contributed by atoms with Crippen LogP contribution >= 0.6 is 0 Å². The van der Waals surface area contributed by atoms with Crippen LogP contribution in [0.25, 0.3) is 11.3 Å². The van der Waals surface area contributed by atoms with Gasteiger partial charge in [0.05, 0.1) is 11.1 Å². The number of aromatic nitrogens is 3. The van der Waals surface area contributed by atoms with Gasteiger partial charge in [-0.15, -0.1) is 0 Å². The molecule has 1 fully saturated rings. The molecule has 0 saturated carbocycles. The molecule has 0 unspecified atom stereocenters. The molecule has 0 aliphatic carbocycles. The Labute approximate surface area is 178 Å². The maximum atomic E-state index is 13.4. The summed E-state index contributed by atoms with van der Waals surface area (Å²) in [6, 6.07) is 7.05. The van der Waals surface area contributed by atoms with Crippen molar-refractivity contribution < 1.29 is 23.2 Å². The number of rotatable bonds is 7. The lowest BCUT2D eigenvalue weighted by Crippen LogP contribution is -2.38. The lowest BCUT2D eigenvalue weighted by atomic mass is 10.1. The molecule has 4 heterocycles. The number of hydrogen-bond acceptors (Lipinski definition) is 7. The molecule has 3 aromatic heterocycles. The van der Waals surface area contributed by atoms with Crippen molar-refractivity contribution in [2.45, 2.75) is 39.1 Å². The maximum Gasteiger partial charge on any atom is 0.253 e. The molecule has 0 bridgehead atoms. The van der Waals surface area contributed by atoms with Gasteiger partial charge in [-0.3, -0.25) is 9.78 Å². The highest BCUT2D eigenvalue weighted by Gasteiger charge is 2.20. The Morgan fingerprint density at radius 2 is 2.03 bits per heavy atom. The summed E-state index contributed by atoms with van der Waals surface area (Å²) in [4.78, 5) is 20.8. The van der Waals surface area contributed by atoms with Gasteiger partial charge in [0.15, 0.2) is 12.4 Å². The minimum absolute atomic E-state index is 0.0204. The second-order valence-electron chi connectivity index (χ2n) is 7.29. The minimum atomic E-state index is -0.802. The monoisotopic (exact) mass is 426 g/mol. The smallest absolute Gasteiger partial charge is 0.253 e. The van der Waals surface area contributed by atoms with E-state index in [1.807, 2.05) is 19.1 Å². The third-order valence-corrected chi connectivity index (χ3v) is 5.10. The standard InChI is InChI=1S/C22H23FN4O4/c1-14-2-3-15(11-24-14)21-18(19(10-23)31-27-21)13-30-20-5-4-16(12-25-20)22(28)26-17-6-8-29-9-7-17/h2-5,11-12,17H,6-10,13H2,1H3,(H,26,28). The van der Waals surface area contributed by atoms with Gasteiger partial charge in [-0.25, -0.2) is 9.37 Å². The number of aryl methyl sites for hydroxylation is 1. The van der Waals surface area contributed by atoms with Gasteiger partial charge < -0.3 is 19.3 Å². The van der Waals surface area contributed by atoms with E-state index >= 15 is 0 Å². The van der Waals surface area contributed by atoms with Gasteiger partial charge in [-0.1, -0.05) is 5.16 Å². The second kappa shape index (κ2) is 9.65. The van der Waals surface area contributed by atoms with Gasteiger partial charge in [0.1, 0.15) is 12.3 Å². The molecule has 0 aromatic carbocycles. The average molecular weight is 426 g/mol. The van der Waals surface area contributed by atoms with Crippen LogP contribution in [0.5, 0.6) is 5.88 Å². The van der Waals surface area contributed by atoms with E-state index in [1.54, 1.807) is 18.3 Å². The first kappa shape index (κ1) is 20.9. The van der Waals surface area contributed by atoms with Crippen molar-refractivity contribution in [1.82, 2.24) is 20.4 Å². The first-order valence-corrected chi connectivity index (χ1v) is 10.1. The van der Waals surface area contributed by atoms with Crippen molar-refractivity contribution in [3.8, 4) is 17.1 Å². The molecular formula is C22H23FN4O4. The summed E-state index contributed by atoms with van der Waals surface area (Å²) in [6.45, 7) is 2.40. The summed E-state index contributed by atoms with van der Waals surface area (Å²) in [7, 11) is 0. The molecule has 1 aliphatic rings. The van der Waals surface area contributed by atoms with E-state index in [1.165, 1.54) is 6.20 Å². The Balaban J connectivity index is 1.42. The number of nitrogens with zero attached hydrogens (tertiary/aromatic N) is 3. The molecule has 1 N–H and O–H groups in total. The van der Waals surface area contributed by atoms with Crippen molar-refractivity contribution in [3.05, 3.63) is 59.2 Å². The van der Waals surface area contributed by atoms with E-state index < -0.39 is 6.67 Å². The Kier molecular flexibility index (Phi) is 6.51. The number of ether oxygens (including phenoxy) is 2. The zero-order valence-electron chi connectivity index (χ0n) is 17.1. The summed E-state index contributed by atoms with van der Waals surface area (Å²) < 4.78 is 29.5. The zero-order chi connectivity index (χ0) is 21.6. The van der Waals surface area contributed by atoms with Crippen molar-refractivity contribution in [1.29, 1.82) is 0 Å². The summed E-state index contributed by atoms with van der Waals surface area (Å²) in [5.74, 6) is 0.225. The molecule has 8 nitrogen and oxygen atoms in total. The number of carbonyl (C=O) groups excluding carboxylic acids is 1. The third-order valence-electron chi connectivity index (χ3n) is 5.10. The van der Waals surface area contributed by atoms with Gasteiger partial charge >= 0.3 is 0 Å². The number of amides is 1. The quantitative estimate of drug-likeness (QED) is 0.618. The number of carbonyl (C=O) groups is 1. The second-order valence-corrected chi connectivity index (χ2v) is 7.29. The molecular weight excluding hydrogens is 403 g/mol. The first-order chi connectivity index (χ1) is 15.1. The fourth-order valence-corrected chi connectivity index (χ4v) is 3.29. The molecule has 0 radical (unpaired) electrons. The van der Waals surface area contributed by atoms with Crippen LogP contribution in [0.4, 0.5) is 4.39 Å². The lowest BCUT2D eigenvalue weighted by molar-refractivity contribution is 0.0696. The number of pyridine rings is 2. The van der Waals surface area contributed by atoms with Crippen molar-refractivity contribution in [3.63, 3.8) is 0 Å². The van der Waals surface area contributed by atoms with E-state index in [-0.39, 0.29) is 24.3 Å². The van der Waals surface area contributed by atoms with Crippen molar-refractivity contribution >= 4 is 5.91 Å². The number of alkyl halides is 1. The van der Waals surface area contributed by atoms with Gasteiger partial charge in [-0.05, 0) is 38.0 Å². The van der Waals surface area contributed by atoms with E-state index in [0.717, 1.165) is 18.5 Å². The highest BCUT2D eigenvalue weighted by Crippen LogP contribution is 2.27. The molecule has 1 amide bonds. The van der Waals surface area contributed by atoms with Crippen molar-refractivity contribution in [2.24, 2.45) is 0 Å². The molecule has 162 valence electrons. The highest BCUT2D eigenvalue weighted by molar-refractivity contribution is 5.94. The third kappa shape index (κ3) is 5.05. The molecule has 4 rings (SSSR count). The Hall–Kier alpha value is -3.33. The molecule has 1 saturated heterocycles. The number of hydrogen-bond donors (Lipinski definition) is 1. The number of nitrogens with one attached hydrogen (secondary N) is 1. The van der Waals surface area contributed by atoms with Crippen LogP contribution < -0.4 is 10.1 Å². The summed E-state index contributed by atoms with van der Waals surface area (Å²) in [5, 5.41) is 6.96. The van der Waals surface area contributed by atoms with Crippen LogP contribution in [-0.4, -0.2) is 40.3 Å². The summed E-state index contributed by atoms with van der Waals surface area (Å²) in [6.07, 6.45) is 4.71. The molecule has 3 aromatic rings. The Bertz CT molecular complexity index is 1010. The maximum absolute atomic E-state index is 13.4. The fourth-order valence-electron chi connectivity index (χ4n) is 3.29. The summed E-state index contributed by atoms with van der Waals surface area (Å²) >= 11 is 0. The fraction of sp³-hybridized carbons (Fsp3) is 0.364. The van der Waals surface area contributed by atoms with Crippen molar-refractivity contribution in [2.75, 3.05) is 13.2 Å². The highest BCUT2D eigenvalue weighted by atomic mass is 19.1. The van der Waals surface area contributed by atoms with E-state index in [9.17, 15) is 9.18 Å². The molecule has 9 heteroatoms. The normalized spacial score (nSPS) is 14.4. The first-order valence-electron chi connectivity index (χ1n) is 10.1. The SMILES string of the molecule is Cc1ccc(-c2noc(CF)c2COc2ccc(C(=O)NC3CCOCC3)cn2)cn1. The van der Waals surface area contributed by atoms with Crippen LogP contribution in [0, 0.1) is 6.92 Å². The summed E-state index contributed by atoms with van der Waals surface area (Å²) in [5.41, 5.74) is 2.99. The Morgan fingerprint density at radius 3 is 2.71 bits per heavy atom. The van der Waals surface area contributed by atoms with Gasteiger partial charge in [0, 0.05) is 49.0 Å². The Morgan fingerprint density at radius 1 is 1.19 bits per heavy atom. The zero-order valence-corrected chi connectivity index (χ0v) is 17.1. The van der Waals surface area contributed by atoms with Gasteiger partial charge in [0.25, 0.3) is 5.91 Å². The lowest BCUT2D eigenvalue weighted by Gasteiger charge is -2.23. The average Bonchev–Trinajstić information content (AvgIpc) is 3.22. The topological polar surface area (TPSA) is 99.4 Å². The van der Waals surface area contributed by atoms with Crippen LogP contribution in [0.15, 0.2) is 41.2 Å². The molecule has 0 spiro atoms. The van der Waals surface area contributed by atoms with Gasteiger partial charge in [-0.2, -0.15) is 0 Å². The van der Waals surface area contributed by atoms with Gasteiger partial charge in [0.2, 0.25) is 5.88 Å². The van der Waals surface area contributed by atoms with E-state index in [0.29, 0.717) is 41.5 Å². The predicted octanol–water partition coefficient (Wildman–Crippen LogP) is 3.40. The van der Waals surface area contributed by atoms with Crippen LogP contribution in [0.2, 0.25) is 0 Å². The van der Waals surface area contributed by atoms with Crippen LogP contribution in [-0.2, 0) is 18.0 Å². The minimum Gasteiger partial charge on any atom is -0.473 e. The largest absolute Gasteiger partial charge is 0.473 e. The molecule has 0 atom stereocenters. The van der Waals surface area contributed by atoms with Crippen LogP contribution in [0.3, 0.4) is 0 Å². The van der Waals surface area contributed by atoms with Crippen LogP contribution in [0.1, 0.15) is 40.2 Å². The number of halogens is 1. The van der Waals surface area contributed by atoms with E-state index in [4.69, 9.17) is 14.0 Å². The molecule has 1 aliphatic heterocycles. The molecule has 31 heavy (non-hydrogen) atoms.